The summed E-state index contributed by atoms with van der Waals surface area (Å²) >= 11 is 0. The summed E-state index contributed by atoms with van der Waals surface area (Å²) in [5.41, 5.74) is 1.86. The fourth-order valence-electron chi connectivity index (χ4n) is 4.87. The number of amides is 1. The van der Waals surface area contributed by atoms with E-state index in [1.807, 2.05) is 54.6 Å². The van der Waals surface area contributed by atoms with Crippen LogP contribution in [0.3, 0.4) is 0 Å². The molecule has 1 atom stereocenters. The Morgan fingerprint density at radius 3 is 2.36 bits per heavy atom. The quantitative estimate of drug-likeness (QED) is 0.293. The summed E-state index contributed by atoms with van der Waals surface area (Å²) in [5, 5.41) is 13.6. The minimum Gasteiger partial charge on any atom is -0.503 e. The average Bonchev–Trinajstić information content (AvgIpc) is 3.44. The first-order valence-corrected chi connectivity index (χ1v) is 11.5. The maximum absolute atomic E-state index is 13.8. The number of benzene rings is 4. The molecule has 0 saturated heterocycles. The van der Waals surface area contributed by atoms with Crippen LogP contribution in [0.25, 0.3) is 21.7 Å². The van der Waals surface area contributed by atoms with Crippen LogP contribution >= 0.6 is 0 Å². The third kappa shape index (κ3) is 3.55. The summed E-state index contributed by atoms with van der Waals surface area (Å²) in [6.07, 6.45) is 0. The highest BCUT2D eigenvalue weighted by molar-refractivity contribution is 6.16. The molecule has 1 aromatic heterocycles. The third-order valence-corrected chi connectivity index (χ3v) is 6.58. The molecule has 5 aromatic rings. The Hall–Kier alpha value is -4.71. The van der Waals surface area contributed by atoms with Crippen LogP contribution in [0, 0.1) is 5.82 Å². The molecule has 36 heavy (non-hydrogen) atoms. The van der Waals surface area contributed by atoms with E-state index in [9.17, 15) is 19.1 Å². The Morgan fingerprint density at radius 2 is 1.58 bits per heavy atom. The van der Waals surface area contributed by atoms with Gasteiger partial charge in [-0.05, 0) is 46.2 Å². The van der Waals surface area contributed by atoms with Crippen LogP contribution in [0.2, 0.25) is 0 Å². The smallest absolute Gasteiger partial charge is 0.290 e. The Labute approximate surface area is 205 Å². The largest absolute Gasteiger partial charge is 0.503 e. The number of aliphatic hydroxyl groups excluding tert-OH is 1. The number of hydrogen-bond acceptors (Lipinski definition) is 4. The number of para-hydroxylation sites is 1. The molecule has 6 heteroatoms. The molecular formula is C30H20FNO4. The summed E-state index contributed by atoms with van der Waals surface area (Å²) in [4.78, 5) is 28.6. The van der Waals surface area contributed by atoms with Gasteiger partial charge in [-0.3, -0.25) is 9.59 Å². The molecular weight excluding hydrogens is 457 g/mol. The van der Waals surface area contributed by atoms with Crippen LogP contribution in [0.5, 0.6) is 0 Å². The Morgan fingerprint density at radius 1 is 0.889 bits per heavy atom. The normalized spacial score (nSPS) is 15.9. The standard InChI is InChI=1S/C30H20FNO4/c31-21-14-12-18(13-15-21)17-32-27(23-10-5-8-19-6-1-3-9-22(19)23)26(29(34)30(32)35)28(33)25-16-20-7-2-4-11-24(20)36-25/h1-16,27,34H,17H2. The molecule has 2 heterocycles. The number of Topliss-reactive ketones (excluding diaryl/α,β-unsaturated/α-hetero) is 1. The summed E-state index contributed by atoms with van der Waals surface area (Å²) in [6, 6.07) is 27.1. The van der Waals surface area contributed by atoms with Crippen molar-refractivity contribution in [2.45, 2.75) is 12.6 Å². The van der Waals surface area contributed by atoms with E-state index in [0.717, 1.165) is 16.2 Å². The number of furan rings is 1. The van der Waals surface area contributed by atoms with Crippen molar-refractivity contribution in [1.29, 1.82) is 0 Å². The Kier molecular flexibility index (Phi) is 5.15. The van der Waals surface area contributed by atoms with Gasteiger partial charge < -0.3 is 14.4 Å². The van der Waals surface area contributed by atoms with Gasteiger partial charge in [-0.15, -0.1) is 0 Å². The molecule has 1 amide bonds. The molecule has 4 aromatic carbocycles. The van der Waals surface area contributed by atoms with Gasteiger partial charge >= 0.3 is 0 Å². The molecule has 176 valence electrons. The summed E-state index contributed by atoms with van der Waals surface area (Å²) in [7, 11) is 0. The van der Waals surface area contributed by atoms with Crippen molar-refractivity contribution in [2.24, 2.45) is 0 Å². The van der Waals surface area contributed by atoms with E-state index in [0.29, 0.717) is 16.7 Å². The minimum atomic E-state index is -0.866. The highest BCUT2D eigenvalue weighted by Crippen LogP contribution is 2.42. The molecule has 0 spiro atoms. The van der Waals surface area contributed by atoms with E-state index < -0.39 is 23.5 Å². The average molecular weight is 477 g/mol. The number of nitrogens with zero attached hydrogens (tertiary/aromatic N) is 1. The fourth-order valence-corrected chi connectivity index (χ4v) is 4.87. The molecule has 1 unspecified atom stereocenters. The highest BCUT2D eigenvalue weighted by atomic mass is 19.1. The van der Waals surface area contributed by atoms with E-state index in [-0.39, 0.29) is 23.7 Å². The number of rotatable bonds is 5. The van der Waals surface area contributed by atoms with E-state index >= 15 is 0 Å². The van der Waals surface area contributed by atoms with Gasteiger partial charge in [0.25, 0.3) is 5.91 Å². The molecule has 6 rings (SSSR count). The monoisotopic (exact) mass is 477 g/mol. The first kappa shape index (κ1) is 21.8. The zero-order valence-corrected chi connectivity index (χ0v) is 19.0. The second kappa shape index (κ2) is 8.50. The SMILES string of the molecule is O=C(C1=C(O)C(=O)N(Cc2ccc(F)cc2)C1c1cccc2ccccc12)c1cc2ccccc2o1. The van der Waals surface area contributed by atoms with E-state index in [1.54, 1.807) is 30.3 Å². The third-order valence-electron chi connectivity index (χ3n) is 6.58. The molecule has 0 saturated carbocycles. The predicted molar refractivity (Wildman–Crippen MR) is 134 cm³/mol. The molecule has 1 aliphatic heterocycles. The van der Waals surface area contributed by atoms with Crippen molar-refractivity contribution in [3.05, 3.63) is 131 Å². The van der Waals surface area contributed by atoms with Gasteiger partial charge in [0.1, 0.15) is 11.4 Å². The minimum absolute atomic E-state index is 0.0411. The Bertz CT molecular complexity index is 1640. The Balaban J connectivity index is 1.51. The molecule has 0 fully saturated rings. The van der Waals surface area contributed by atoms with Crippen LogP contribution in [-0.4, -0.2) is 21.7 Å². The number of aliphatic hydroxyl groups is 1. The van der Waals surface area contributed by atoms with Gasteiger partial charge in [0, 0.05) is 11.9 Å². The molecule has 5 nitrogen and oxygen atoms in total. The van der Waals surface area contributed by atoms with Crippen molar-refractivity contribution in [3.8, 4) is 0 Å². The van der Waals surface area contributed by atoms with E-state index in [2.05, 4.69) is 0 Å². The summed E-state index contributed by atoms with van der Waals surface area (Å²) in [5.74, 6) is -2.19. The first-order chi connectivity index (χ1) is 17.5. The zero-order valence-electron chi connectivity index (χ0n) is 19.0. The molecule has 0 bridgehead atoms. The second-order valence-electron chi connectivity index (χ2n) is 8.77. The topological polar surface area (TPSA) is 70.8 Å². The summed E-state index contributed by atoms with van der Waals surface area (Å²) in [6.45, 7) is 0.0774. The van der Waals surface area contributed by atoms with Crippen molar-refractivity contribution in [1.82, 2.24) is 4.90 Å². The maximum atomic E-state index is 13.8. The van der Waals surface area contributed by atoms with Crippen LogP contribution in [-0.2, 0) is 11.3 Å². The number of fused-ring (bicyclic) bond motifs is 2. The summed E-state index contributed by atoms with van der Waals surface area (Å²) < 4.78 is 19.3. The molecule has 1 N–H and O–H groups in total. The van der Waals surface area contributed by atoms with Crippen molar-refractivity contribution in [2.75, 3.05) is 0 Å². The van der Waals surface area contributed by atoms with Crippen molar-refractivity contribution < 1.29 is 23.5 Å². The van der Waals surface area contributed by atoms with Crippen LogP contribution in [0.1, 0.15) is 27.7 Å². The fraction of sp³-hybridized carbons (Fsp3) is 0.0667. The van der Waals surface area contributed by atoms with Crippen LogP contribution in [0.4, 0.5) is 4.39 Å². The lowest BCUT2D eigenvalue weighted by Crippen LogP contribution is -2.30. The maximum Gasteiger partial charge on any atom is 0.290 e. The number of hydrogen-bond donors (Lipinski definition) is 1. The van der Waals surface area contributed by atoms with E-state index in [1.165, 1.54) is 17.0 Å². The molecule has 1 aliphatic rings. The number of ketones is 1. The first-order valence-electron chi connectivity index (χ1n) is 11.5. The highest BCUT2D eigenvalue weighted by Gasteiger charge is 2.45. The van der Waals surface area contributed by atoms with Gasteiger partial charge in [-0.2, -0.15) is 0 Å². The lowest BCUT2D eigenvalue weighted by molar-refractivity contribution is -0.130. The predicted octanol–water partition coefficient (Wildman–Crippen LogP) is 6.50. The molecule has 0 aliphatic carbocycles. The lowest BCUT2D eigenvalue weighted by Gasteiger charge is -2.28. The zero-order chi connectivity index (χ0) is 24.8. The van der Waals surface area contributed by atoms with Crippen molar-refractivity contribution >= 4 is 33.4 Å². The number of carbonyl (C=O) groups excluding carboxylic acids is 2. The van der Waals surface area contributed by atoms with Crippen LogP contribution < -0.4 is 0 Å². The van der Waals surface area contributed by atoms with E-state index in [4.69, 9.17) is 4.42 Å². The second-order valence-corrected chi connectivity index (χ2v) is 8.77. The number of carbonyl (C=O) groups is 2. The lowest BCUT2D eigenvalue weighted by atomic mass is 9.91. The number of halogens is 1. The van der Waals surface area contributed by atoms with Crippen LogP contribution in [0.15, 0.2) is 113 Å². The van der Waals surface area contributed by atoms with Gasteiger partial charge in [-0.1, -0.05) is 72.8 Å². The van der Waals surface area contributed by atoms with Crippen molar-refractivity contribution in [3.63, 3.8) is 0 Å². The van der Waals surface area contributed by atoms with Gasteiger partial charge in [-0.25, -0.2) is 4.39 Å². The van der Waals surface area contributed by atoms with Gasteiger partial charge in [0.15, 0.2) is 11.5 Å². The van der Waals surface area contributed by atoms with Gasteiger partial charge in [0.05, 0.1) is 11.6 Å². The van der Waals surface area contributed by atoms with Gasteiger partial charge in [0.2, 0.25) is 5.78 Å². The molecule has 0 radical (unpaired) electrons.